The molecule has 0 fully saturated rings. The summed E-state index contributed by atoms with van der Waals surface area (Å²) in [6.45, 7) is 0. The molecule has 3 aromatic heterocycles. The van der Waals surface area contributed by atoms with E-state index in [0.717, 1.165) is 64.7 Å². The number of fused-ring (bicyclic) bond motifs is 4. The van der Waals surface area contributed by atoms with E-state index >= 15 is 0 Å². The molecule has 7 aromatic carbocycles. The first-order valence-electron chi connectivity index (χ1n) is 18.7. The van der Waals surface area contributed by atoms with Crippen LogP contribution in [0.4, 0.5) is 26.3 Å². The van der Waals surface area contributed by atoms with Crippen LogP contribution in [0.3, 0.4) is 0 Å². The van der Waals surface area contributed by atoms with Crippen molar-refractivity contribution < 1.29 is 26.3 Å². The van der Waals surface area contributed by atoms with Gasteiger partial charge in [-0.15, -0.1) is 21.5 Å². The zero-order chi connectivity index (χ0) is 41.2. The molecule has 0 aliphatic heterocycles. The Morgan fingerprint density at radius 2 is 1.12 bits per heavy atom. The van der Waals surface area contributed by atoms with Gasteiger partial charge in [-0.25, -0.2) is 4.98 Å². The molecule has 292 valence electrons. The molecule has 10 rings (SSSR count). The Hall–Kier alpha value is -7.18. The van der Waals surface area contributed by atoms with Crippen LogP contribution < -0.4 is 0 Å². The molecule has 12 heteroatoms. The fourth-order valence-corrected chi connectivity index (χ4v) is 8.57. The van der Waals surface area contributed by atoms with Gasteiger partial charge in [0.15, 0.2) is 11.6 Å². The van der Waals surface area contributed by atoms with Gasteiger partial charge in [-0.3, -0.25) is 9.55 Å². The number of benzene rings is 7. The fraction of sp³-hybridized carbons (Fsp3) is 0.0417. The number of halogens is 6. The fourth-order valence-electron chi connectivity index (χ4n) is 7.62. The van der Waals surface area contributed by atoms with Crippen molar-refractivity contribution in [3.8, 4) is 61.3 Å². The highest BCUT2D eigenvalue weighted by Gasteiger charge is 2.37. The number of hydrogen-bond donors (Lipinski definition) is 0. The second-order valence-corrected chi connectivity index (χ2v) is 15.3. The maximum absolute atomic E-state index is 14.0. The van der Waals surface area contributed by atoms with Gasteiger partial charge < -0.3 is 0 Å². The summed E-state index contributed by atoms with van der Waals surface area (Å²) in [6.07, 6.45) is -8.30. The van der Waals surface area contributed by atoms with Crippen LogP contribution >= 0.6 is 11.3 Å². The van der Waals surface area contributed by atoms with E-state index < -0.39 is 23.5 Å². The van der Waals surface area contributed by atoms with E-state index in [1.807, 2.05) is 60.7 Å². The number of hydrogen-bond acceptors (Lipinski definition) is 5. The minimum absolute atomic E-state index is 0.102. The van der Waals surface area contributed by atoms with Crippen LogP contribution in [0.1, 0.15) is 11.1 Å². The number of rotatable bonds is 6. The Balaban J connectivity index is 1.17. The smallest absolute Gasteiger partial charge is 0.275 e. The molecule has 0 aliphatic rings. The predicted molar refractivity (Wildman–Crippen MR) is 225 cm³/mol. The van der Waals surface area contributed by atoms with E-state index in [1.54, 1.807) is 53.9 Å². The van der Waals surface area contributed by atoms with Crippen LogP contribution in [0, 0.1) is 0 Å². The van der Waals surface area contributed by atoms with Crippen LogP contribution in [-0.2, 0) is 12.4 Å². The maximum Gasteiger partial charge on any atom is 0.416 e. The summed E-state index contributed by atoms with van der Waals surface area (Å²) < 4.78 is 86.6. The highest BCUT2D eigenvalue weighted by atomic mass is 32.1. The Bertz CT molecular complexity index is 3200. The first-order valence-corrected chi connectivity index (χ1v) is 19.5. The molecule has 0 unspecified atom stereocenters. The highest BCUT2D eigenvalue weighted by Crippen LogP contribution is 2.42. The number of aromatic nitrogens is 5. The standard InChI is InChI=1S/C48H27F6N5S/c49-47(50,51)35-24-33(25-36(27-35)48(52,53)54)45-58-57-44(59(45)37-13-2-1-3-14-37)30-12-8-11-28(20-30)31-21-32(23-34(22-31)46-56-41-17-6-7-18-42(41)60-46)40-26-29-10-4-5-15-38(29)43-39(40)16-9-19-55-43/h1-27H. The molecule has 0 aliphatic carbocycles. The topological polar surface area (TPSA) is 56.5 Å². The van der Waals surface area contributed by atoms with Crippen molar-refractivity contribution in [1.29, 1.82) is 0 Å². The molecule has 10 aromatic rings. The molecule has 0 atom stereocenters. The van der Waals surface area contributed by atoms with Gasteiger partial charge >= 0.3 is 12.4 Å². The first-order chi connectivity index (χ1) is 29.0. The molecule has 0 bridgehead atoms. The van der Waals surface area contributed by atoms with Crippen LogP contribution in [0.5, 0.6) is 0 Å². The van der Waals surface area contributed by atoms with Crippen molar-refractivity contribution in [1.82, 2.24) is 24.7 Å². The summed E-state index contributed by atoms with van der Waals surface area (Å²) in [5.41, 5.74) is 3.86. The number of para-hydroxylation sites is 2. The molecular weight excluding hydrogens is 793 g/mol. The minimum atomic E-state index is -5.04. The third-order valence-electron chi connectivity index (χ3n) is 10.4. The molecule has 3 heterocycles. The second kappa shape index (κ2) is 14.3. The molecule has 0 amide bonds. The third-order valence-corrected chi connectivity index (χ3v) is 11.5. The zero-order valence-electron chi connectivity index (χ0n) is 31.0. The van der Waals surface area contributed by atoms with Crippen LogP contribution in [0.15, 0.2) is 164 Å². The van der Waals surface area contributed by atoms with Crippen molar-refractivity contribution in [2.45, 2.75) is 12.4 Å². The van der Waals surface area contributed by atoms with Gasteiger partial charge in [0.05, 0.1) is 26.9 Å². The van der Waals surface area contributed by atoms with Gasteiger partial charge in [-0.05, 0) is 107 Å². The normalized spacial score (nSPS) is 12.2. The largest absolute Gasteiger partial charge is 0.416 e. The Kier molecular flexibility index (Phi) is 8.83. The number of alkyl halides is 6. The average molecular weight is 820 g/mol. The molecule has 0 saturated carbocycles. The van der Waals surface area contributed by atoms with E-state index in [2.05, 4.69) is 52.7 Å². The summed E-state index contributed by atoms with van der Waals surface area (Å²) in [4.78, 5) is 9.78. The van der Waals surface area contributed by atoms with Crippen molar-refractivity contribution in [2.75, 3.05) is 0 Å². The highest BCUT2D eigenvalue weighted by molar-refractivity contribution is 7.21. The summed E-state index contributed by atoms with van der Waals surface area (Å²) in [6, 6.07) is 46.0. The zero-order valence-corrected chi connectivity index (χ0v) is 31.8. The van der Waals surface area contributed by atoms with Gasteiger partial charge in [0.25, 0.3) is 0 Å². The van der Waals surface area contributed by atoms with Crippen molar-refractivity contribution in [3.63, 3.8) is 0 Å². The second-order valence-electron chi connectivity index (χ2n) is 14.2. The molecular formula is C48H27F6N5S. The summed E-state index contributed by atoms with van der Waals surface area (Å²) in [5.74, 6) is 0.0354. The summed E-state index contributed by atoms with van der Waals surface area (Å²) >= 11 is 1.58. The monoisotopic (exact) mass is 819 g/mol. The average Bonchev–Trinajstić information content (AvgIpc) is 3.92. The van der Waals surface area contributed by atoms with Gasteiger partial charge in [0.2, 0.25) is 0 Å². The lowest BCUT2D eigenvalue weighted by atomic mass is 9.91. The van der Waals surface area contributed by atoms with Crippen molar-refractivity contribution in [2.24, 2.45) is 0 Å². The van der Waals surface area contributed by atoms with E-state index in [4.69, 9.17) is 9.97 Å². The molecule has 5 nitrogen and oxygen atoms in total. The summed E-state index contributed by atoms with van der Waals surface area (Å²) in [5, 5.41) is 12.5. The van der Waals surface area contributed by atoms with Crippen molar-refractivity contribution >= 4 is 43.2 Å². The van der Waals surface area contributed by atoms with E-state index in [0.29, 0.717) is 23.4 Å². The van der Waals surface area contributed by atoms with E-state index in [-0.39, 0.29) is 23.3 Å². The number of pyridine rings is 1. The van der Waals surface area contributed by atoms with E-state index in [9.17, 15) is 26.3 Å². The van der Waals surface area contributed by atoms with Crippen LogP contribution in [-0.4, -0.2) is 24.7 Å². The van der Waals surface area contributed by atoms with Crippen LogP contribution in [0.2, 0.25) is 0 Å². The Labute approximate surface area is 341 Å². The van der Waals surface area contributed by atoms with E-state index in [1.165, 1.54) is 4.57 Å². The third kappa shape index (κ3) is 6.74. The SMILES string of the molecule is FC(F)(F)c1cc(-c2nnc(-c3cccc(-c4cc(-c5nc6ccccc6s5)cc(-c5cc6ccccc6c6ncccc56)c4)c3)n2-c2ccccc2)cc(C(F)(F)F)c1. The maximum atomic E-state index is 14.0. The van der Waals surface area contributed by atoms with Gasteiger partial charge in [-0.1, -0.05) is 78.9 Å². The minimum Gasteiger partial charge on any atom is -0.275 e. The van der Waals surface area contributed by atoms with Gasteiger partial charge in [-0.2, -0.15) is 26.3 Å². The number of nitrogens with zero attached hydrogens (tertiary/aromatic N) is 5. The lowest BCUT2D eigenvalue weighted by Crippen LogP contribution is -2.11. The summed E-state index contributed by atoms with van der Waals surface area (Å²) in [7, 11) is 0. The molecule has 0 spiro atoms. The quantitative estimate of drug-likeness (QED) is 0.124. The number of thiazole rings is 1. The first kappa shape index (κ1) is 37.1. The Morgan fingerprint density at radius 3 is 1.88 bits per heavy atom. The van der Waals surface area contributed by atoms with Crippen LogP contribution in [0.25, 0.3) is 93.2 Å². The molecule has 0 saturated heterocycles. The molecule has 60 heavy (non-hydrogen) atoms. The van der Waals surface area contributed by atoms with Gasteiger partial charge in [0, 0.05) is 39.3 Å². The Morgan fingerprint density at radius 1 is 0.483 bits per heavy atom. The van der Waals surface area contributed by atoms with Crippen molar-refractivity contribution in [3.05, 3.63) is 175 Å². The molecule has 0 radical (unpaired) electrons. The van der Waals surface area contributed by atoms with Gasteiger partial charge in [0.1, 0.15) is 5.01 Å². The predicted octanol–water partition coefficient (Wildman–Crippen LogP) is 14.0. The molecule has 0 N–H and O–H groups in total. The lowest BCUT2D eigenvalue weighted by molar-refractivity contribution is -0.143. The lowest BCUT2D eigenvalue weighted by Gasteiger charge is -2.16.